The lowest BCUT2D eigenvalue weighted by atomic mass is 9.47. The highest BCUT2D eigenvalue weighted by Crippen LogP contribution is 2.63. The minimum absolute atomic E-state index is 0. The number of ether oxygens (including phenoxy) is 6. The first kappa shape index (κ1) is 81.2. The minimum Gasteiger partial charge on any atom is -0.504 e. The molecule has 8 unspecified atom stereocenters. The number of phenols is 2. The first-order valence-electron chi connectivity index (χ1n) is 36.4. The normalized spacial score (nSPS) is 32.7. The average Bonchev–Trinajstić information content (AvgIpc) is 1.33. The van der Waals surface area contributed by atoms with E-state index in [-0.39, 0.29) is 103 Å². The van der Waals surface area contributed by atoms with Crippen LogP contribution in [0.25, 0.3) is 0 Å². The summed E-state index contributed by atoms with van der Waals surface area (Å²) in [6, 6.07) is 4.98. The molecule has 1 aromatic carbocycles. The topological polar surface area (TPSA) is 239 Å². The summed E-state index contributed by atoms with van der Waals surface area (Å²) in [4.78, 5) is 73.4. The molecular formula is C79H132O16. The van der Waals surface area contributed by atoms with Gasteiger partial charge in [-0.2, -0.15) is 0 Å². The van der Waals surface area contributed by atoms with Crippen LogP contribution in [0, 0.1) is 80.8 Å². The fraction of sp³-hybridized carbons (Fsp3) is 0.848. The first-order chi connectivity index (χ1) is 43.2. The van der Waals surface area contributed by atoms with Crippen molar-refractivity contribution in [2.75, 3.05) is 6.61 Å². The molecule has 544 valence electrons. The van der Waals surface area contributed by atoms with E-state index in [1.807, 2.05) is 68.4 Å². The summed E-state index contributed by atoms with van der Waals surface area (Å²) in [7, 11) is 0. The van der Waals surface area contributed by atoms with Crippen LogP contribution in [-0.2, 0) is 57.2 Å². The molecule has 11 aliphatic carbocycles. The summed E-state index contributed by atoms with van der Waals surface area (Å²) in [5, 5.41) is 39.6. The monoisotopic (exact) mass is 1340 g/mol. The first-order valence-corrected chi connectivity index (χ1v) is 36.4. The van der Waals surface area contributed by atoms with Crippen molar-refractivity contribution in [2.24, 2.45) is 80.8 Å². The Labute approximate surface area is 573 Å². The molecule has 2 aliphatic heterocycles. The molecule has 16 nitrogen and oxygen atoms in total. The van der Waals surface area contributed by atoms with Crippen molar-refractivity contribution >= 4 is 35.8 Å². The minimum atomic E-state index is -0.842. The van der Waals surface area contributed by atoms with Crippen molar-refractivity contribution in [1.29, 1.82) is 0 Å². The van der Waals surface area contributed by atoms with Crippen LogP contribution in [0.4, 0.5) is 0 Å². The molecule has 2 saturated heterocycles. The van der Waals surface area contributed by atoms with Gasteiger partial charge in [0.25, 0.3) is 0 Å². The quantitative estimate of drug-likeness (QED) is 0.0607. The molecule has 0 amide bonds. The van der Waals surface area contributed by atoms with Gasteiger partial charge in [0.15, 0.2) is 18.1 Å². The van der Waals surface area contributed by atoms with Gasteiger partial charge in [-0.25, -0.2) is 4.79 Å². The van der Waals surface area contributed by atoms with Gasteiger partial charge in [-0.05, 0) is 261 Å². The zero-order valence-electron chi connectivity index (χ0n) is 60.6. The maximum atomic E-state index is 12.8. The lowest BCUT2D eigenvalue weighted by Crippen LogP contribution is -2.67. The molecule has 16 heteroatoms. The number of benzene rings is 1. The van der Waals surface area contributed by atoms with Gasteiger partial charge in [0.05, 0.1) is 38.8 Å². The van der Waals surface area contributed by atoms with Crippen molar-refractivity contribution in [1.82, 2.24) is 0 Å². The van der Waals surface area contributed by atoms with Crippen molar-refractivity contribution in [3.63, 3.8) is 0 Å². The summed E-state index contributed by atoms with van der Waals surface area (Å²) in [5.74, 6) is 3.83. The molecular weight excluding hydrogens is 1200 g/mol. The molecule has 0 radical (unpaired) electrons. The Morgan fingerprint density at radius 2 is 1.05 bits per heavy atom. The number of phenolic OH excluding ortho intramolecular Hbond substituents is 2. The second-order valence-electron chi connectivity index (χ2n) is 34.3. The molecule has 13 aliphatic rings. The zero-order valence-corrected chi connectivity index (χ0v) is 60.6. The molecule has 14 rings (SSSR count). The zero-order chi connectivity index (χ0) is 69.2. The Kier molecular flexibility index (Phi) is 26.9. The molecule has 13 fully saturated rings. The molecule has 1 aromatic rings. The Morgan fingerprint density at radius 3 is 1.52 bits per heavy atom. The van der Waals surface area contributed by atoms with E-state index in [9.17, 15) is 44.1 Å². The number of hydrogen-bond donors (Lipinski definition) is 4. The SMILES string of the molecule is C.C.CCC(C)(C)C(=O)OC1(C(C)C)C2CC3CC(C2)CC1C3.CCC(C)(C)C(=O)OC1(C(C)C)CCCC1.CCC(C)(C)C(=O)OC12CC3CC(O)(CC(O)(C3)C1)C2.CCC(C)(C)C(=O)OCC(=O)OC1C2CC3CC(C2)C(=O)OC1C3.CCC(C)c1ccc(O)c(O)c1. The summed E-state index contributed by atoms with van der Waals surface area (Å²) in [5.41, 5.74) is -3.43. The maximum absolute atomic E-state index is 12.8. The Morgan fingerprint density at radius 1 is 0.568 bits per heavy atom. The number of carbonyl (C=O) groups excluding carboxylic acids is 6. The van der Waals surface area contributed by atoms with Crippen molar-refractivity contribution < 1.29 is 77.6 Å². The van der Waals surface area contributed by atoms with Gasteiger partial charge in [-0.3, -0.25) is 24.0 Å². The number of esters is 6. The number of hydrogen-bond acceptors (Lipinski definition) is 16. The van der Waals surface area contributed by atoms with Gasteiger partial charge in [-0.15, -0.1) is 0 Å². The molecule has 0 spiro atoms. The van der Waals surface area contributed by atoms with Crippen LogP contribution >= 0.6 is 0 Å². The summed E-state index contributed by atoms with van der Waals surface area (Å²) in [6.45, 7) is 36.0. The molecule has 2 heterocycles. The van der Waals surface area contributed by atoms with Gasteiger partial charge in [0, 0.05) is 25.2 Å². The van der Waals surface area contributed by atoms with E-state index in [4.69, 9.17) is 33.5 Å². The highest BCUT2D eigenvalue weighted by Gasteiger charge is 2.65. The van der Waals surface area contributed by atoms with Gasteiger partial charge < -0.3 is 48.8 Å². The van der Waals surface area contributed by atoms with E-state index in [0.717, 1.165) is 101 Å². The van der Waals surface area contributed by atoms with Crippen LogP contribution in [0.15, 0.2) is 18.2 Å². The predicted octanol–water partition coefficient (Wildman–Crippen LogP) is 17.0. The van der Waals surface area contributed by atoms with E-state index >= 15 is 0 Å². The number of aromatic hydroxyl groups is 2. The van der Waals surface area contributed by atoms with E-state index in [0.29, 0.717) is 61.2 Å². The van der Waals surface area contributed by atoms with E-state index in [1.165, 1.54) is 51.0 Å². The smallest absolute Gasteiger partial charge is 0.344 e. The third-order valence-corrected chi connectivity index (χ3v) is 25.0. The molecule has 0 aromatic heterocycles. The molecule has 11 saturated carbocycles. The summed E-state index contributed by atoms with van der Waals surface area (Å²) < 4.78 is 34.3. The number of rotatable bonds is 18. The average molecular weight is 1340 g/mol. The van der Waals surface area contributed by atoms with Crippen LogP contribution in [0.2, 0.25) is 0 Å². The van der Waals surface area contributed by atoms with Crippen LogP contribution in [0.1, 0.15) is 305 Å². The van der Waals surface area contributed by atoms with Gasteiger partial charge in [0.2, 0.25) is 0 Å². The Balaban J connectivity index is 0.000000217. The van der Waals surface area contributed by atoms with Crippen LogP contribution in [0.3, 0.4) is 0 Å². The van der Waals surface area contributed by atoms with E-state index in [2.05, 4.69) is 48.5 Å². The van der Waals surface area contributed by atoms with Crippen molar-refractivity contribution in [3.05, 3.63) is 23.8 Å². The summed E-state index contributed by atoms with van der Waals surface area (Å²) >= 11 is 0. The lowest BCUT2D eigenvalue weighted by Gasteiger charge is -2.62. The fourth-order valence-electron chi connectivity index (χ4n) is 17.8. The third-order valence-electron chi connectivity index (χ3n) is 25.0. The van der Waals surface area contributed by atoms with Gasteiger partial charge in [-0.1, -0.05) is 90.2 Å². The number of carbonyl (C=O) groups is 6. The second-order valence-corrected chi connectivity index (χ2v) is 34.3. The van der Waals surface area contributed by atoms with Gasteiger partial charge >= 0.3 is 35.8 Å². The highest BCUT2D eigenvalue weighted by atomic mass is 16.6. The highest BCUT2D eigenvalue weighted by molar-refractivity contribution is 5.80. The van der Waals surface area contributed by atoms with E-state index < -0.39 is 45.7 Å². The Hall–Kier alpha value is -4.44. The van der Waals surface area contributed by atoms with Crippen LogP contribution in [0.5, 0.6) is 11.5 Å². The molecule has 8 atom stereocenters. The van der Waals surface area contributed by atoms with E-state index in [1.54, 1.807) is 19.9 Å². The van der Waals surface area contributed by atoms with Gasteiger partial charge in [0.1, 0.15) is 29.0 Å². The largest absolute Gasteiger partial charge is 0.504 e. The maximum Gasteiger partial charge on any atom is 0.344 e. The standard InChI is InChI=1S/C19H32O2.C18H26O6.C16H26O4.C14H26O2.C10H14O2.2CH4/c1-6-18(4,5)17(20)21-19(12(2)3)15-8-13-7-14(10-15)11-16(19)9-13;1-4-18(2,3)17(21)22-9-14(19)24-15-11-5-10-6-12(8-11)16(20)23-13(15)7-10;1-4-13(2,3)12(17)20-16-7-11-5-14(18,9-16)8-15(19,6-11)10-16;1-6-13(4,5)12(15)16-14(11(2)3)9-7-8-10-14;1-3-7(2)8-4-5-9(11)10(12)6-8;;/h12-16H,6-11H2,1-5H3;10-13,15H,4-9H2,1-3H3;11,18-19H,4-10H2,1-3H3;11H,6-10H2,1-5H3;4-7,11-12H,3H2,1-2H3;2*1H4. The number of fused-ring (bicyclic) bond motifs is 1. The van der Waals surface area contributed by atoms with Crippen LogP contribution in [-0.4, -0.2) is 103 Å². The lowest BCUT2D eigenvalue weighted by molar-refractivity contribution is -0.264. The molecule has 12 bridgehead atoms. The number of aliphatic hydroxyl groups is 2. The Bertz CT molecular complexity index is 2720. The molecule has 4 N–H and O–H groups in total. The van der Waals surface area contributed by atoms with Crippen LogP contribution < -0.4 is 0 Å². The predicted molar refractivity (Wildman–Crippen MR) is 371 cm³/mol. The fourth-order valence-corrected chi connectivity index (χ4v) is 17.8. The third kappa shape index (κ3) is 18.5. The van der Waals surface area contributed by atoms with Crippen molar-refractivity contribution in [3.8, 4) is 11.5 Å². The van der Waals surface area contributed by atoms with Crippen molar-refractivity contribution in [2.45, 2.75) is 340 Å². The molecule has 95 heavy (non-hydrogen) atoms. The second kappa shape index (κ2) is 31.4. The summed E-state index contributed by atoms with van der Waals surface area (Å²) in [6.07, 6.45) is 21.5.